The van der Waals surface area contributed by atoms with Crippen LogP contribution in [0.5, 0.6) is 5.75 Å². The average Bonchev–Trinajstić information content (AvgIpc) is 2.21. The van der Waals surface area contributed by atoms with E-state index in [2.05, 4.69) is 10.8 Å². The van der Waals surface area contributed by atoms with E-state index in [1.165, 1.54) is 13.0 Å². The normalized spacial score (nSPS) is 10.9. The van der Waals surface area contributed by atoms with Gasteiger partial charge in [-0.15, -0.1) is 0 Å². The Morgan fingerprint density at radius 1 is 1.53 bits per heavy atom. The molecule has 0 fully saturated rings. The van der Waals surface area contributed by atoms with Crippen LogP contribution in [0.3, 0.4) is 0 Å². The second-order valence-corrected chi connectivity index (χ2v) is 4.96. The van der Waals surface area contributed by atoms with Gasteiger partial charge < -0.3 is 4.18 Å². The molecular weight excluding hydrogens is 270 g/mol. The largest absolute Gasteiger partial charge is 0.379 e. The van der Waals surface area contributed by atoms with Crippen LogP contribution >= 0.6 is 11.6 Å². The van der Waals surface area contributed by atoms with E-state index < -0.39 is 20.7 Å². The van der Waals surface area contributed by atoms with Crippen LogP contribution in [0.1, 0.15) is 5.56 Å². The van der Waals surface area contributed by atoms with E-state index in [9.17, 15) is 18.5 Å². The summed E-state index contributed by atoms with van der Waals surface area (Å²) in [6.45, 7) is 4.58. The Labute approximate surface area is 103 Å². The summed E-state index contributed by atoms with van der Waals surface area (Å²) in [5.41, 5.74) is -0.0578. The Bertz CT molecular complexity index is 581. The van der Waals surface area contributed by atoms with Crippen molar-refractivity contribution in [3.05, 3.63) is 44.8 Å². The van der Waals surface area contributed by atoms with Crippen LogP contribution in [-0.2, 0) is 10.1 Å². The monoisotopic (exact) mass is 277 g/mol. The van der Waals surface area contributed by atoms with Crippen LogP contribution < -0.4 is 4.18 Å². The van der Waals surface area contributed by atoms with Gasteiger partial charge in [-0.3, -0.25) is 10.1 Å². The summed E-state index contributed by atoms with van der Waals surface area (Å²) in [7, 11) is -3.95. The molecule has 8 heteroatoms. The lowest BCUT2D eigenvalue weighted by Crippen LogP contribution is -2.06. The topological polar surface area (TPSA) is 86.5 Å². The van der Waals surface area contributed by atoms with Crippen molar-refractivity contribution in [1.82, 2.24) is 0 Å². The number of hydrogen-bond donors (Lipinski definition) is 0. The summed E-state index contributed by atoms with van der Waals surface area (Å²) < 4.78 is 26.9. The highest BCUT2D eigenvalue weighted by atomic mass is 35.5. The third-order valence-corrected chi connectivity index (χ3v) is 2.97. The fraction of sp³-hybridized carbons (Fsp3) is 0.111. The highest BCUT2D eigenvalue weighted by molar-refractivity contribution is 7.90. The second-order valence-electron chi connectivity index (χ2n) is 3.07. The molecule has 0 N–H and O–H groups in total. The molecule has 6 nitrogen and oxygen atoms in total. The van der Waals surface area contributed by atoms with Gasteiger partial charge in [0.2, 0.25) is 0 Å². The van der Waals surface area contributed by atoms with Crippen molar-refractivity contribution in [2.75, 3.05) is 0 Å². The SMILES string of the molecule is C=CS(=O)(=O)Oc1cc([N+](=O)[O-])c(Cl)cc1C. The minimum Gasteiger partial charge on any atom is -0.379 e. The molecule has 0 aliphatic rings. The van der Waals surface area contributed by atoms with Crippen molar-refractivity contribution in [3.63, 3.8) is 0 Å². The van der Waals surface area contributed by atoms with Gasteiger partial charge in [0.1, 0.15) is 5.02 Å². The zero-order valence-electron chi connectivity index (χ0n) is 8.71. The van der Waals surface area contributed by atoms with E-state index in [1.54, 1.807) is 0 Å². The standard InChI is InChI=1S/C9H8ClNO5S/c1-3-17(14,15)16-9-5-8(11(12)13)7(10)4-6(9)2/h3-5H,1H2,2H3. The van der Waals surface area contributed by atoms with Gasteiger partial charge in [0.05, 0.1) is 16.4 Å². The van der Waals surface area contributed by atoms with Crippen LogP contribution in [0, 0.1) is 17.0 Å². The molecule has 0 amide bonds. The molecule has 0 bridgehead atoms. The van der Waals surface area contributed by atoms with Crippen molar-refractivity contribution in [1.29, 1.82) is 0 Å². The smallest absolute Gasteiger partial charge is 0.331 e. The van der Waals surface area contributed by atoms with Gasteiger partial charge in [0.15, 0.2) is 5.75 Å². The molecule has 0 aliphatic carbocycles. The van der Waals surface area contributed by atoms with Gasteiger partial charge in [-0.1, -0.05) is 18.2 Å². The number of hydrogen-bond acceptors (Lipinski definition) is 5. The summed E-state index contributed by atoms with van der Waals surface area (Å²) in [6, 6.07) is 2.21. The lowest BCUT2D eigenvalue weighted by atomic mass is 10.2. The van der Waals surface area contributed by atoms with E-state index in [-0.39, 0.29) is 10.8 Å². The molecule has 17 heavy (non-hydrogen) atoms. The Hall–Kier alpha value is -1.60. The number of aryl methyl sites for hydroxylation is 1. The van der Waals surface area contributed by atoms with E-state index in [1.807, 2.05) is 0 Å². The first-order valence-electron chi connectivity index (χ1n) is 4.28. The molecule has 1 rings (SSSR count). The third kappa shape index (κ3) is 3.18. The van der Waals surface area contributed by atoms with Crippen LogP contribution in [0.2, 0.25) is 5.02 Å². The zero-order chi connectivity index (χ0) is 13.2. The van der Waals surface area contributed by atoms with Crippen molar-refractivity contribution in [2.24, 2.45) is 0 Å². The van der Waals surface area contributed by atoms with E-state index in [4.69, 9.17) is 11.6 Å². The zero-order valence-corrected chi connectivity index (χ0v) is 10.3. The lowest BCUT2D eigenvalue weighted by molar-refractivity contribution is -0.384. The van der Waals surface area contributed by atoms with Gasteiger partial charge in [-0.2, -0.15) is 8.42 Å². The maximum Gasteiger partial charge on any atom is 0.331 e. The van der Waals surface area contributed by atoms with Crippen molar-refractivity contribution >= 4 is 27.4 Å². The molecule has 0 unspecified atom stereocenters. The summed E-state index contributed by atoms with van der Waals surface area (Å²) in [5.74, 6) is -0.152. The minimum atomic E-state index is -3.95. The van der Waals surface area contributed by atoms with Crippen LogP contribution in [0.25, 0.3) is 0 Å². The number of rotatable bonds is 4. The predicted molar refractivity (Wildman–Crippen MR) is 62.6 cm³/mol. The molecule has 0 saturated heterocycles. The van der Waals surface area contributed by atoms with Crippen LogP contribution in [0.4, 0.5) is 5.69 Å². The first-order chi connectivity index (χ1) is 7.76. The summed E-state index contributed by atoms with van der Waals surface area (Å²) in [6.07, 6.45) is 0. The molecule has 0 heterocycles. The fourth-order valence-electron chi connectivity index (χ4n) is 1.03. The molecule has 0 atom stereocenters. The molecule has 1 aromatic carbocycles. The van der Waals surface area contributed by atoms with E-state index in [0.717, 1.165) is 6.07 Å². The highest BCUT2D eigenvalue weighted by Gasteiger charge is 2.18. The van der Waals surface area contributed by atoms with Crippen molar-refractivity contribution < 1.29 is 17.5 Å². The number of nitro groups is 1. The number of benzene rings is 1. The first-order valence-corrected chi connectivity index (χ1v) is 6.13. The maximum absolute atomic E-state index is 11.1. The number of halogens is 1. The average molecular weight is 278 g/mol. The highest BCUT2D eigenvalue weighted by Crippen LogP contribution is 2.32. The molecule has 0 aromatic heterocycles. The number of nitro benzene ring substituents is 1. The maximum atomic E-state index is 11.1. The Morgan fingerprint density at radius 2 is 2.12 bits per heavy atom. The van der Waals surface area contributed by atoms with E-state index >= 15 is 0 Å². The molecule has 92 valence electrons. The van der Waals surface area contributed by atoms with Gasteiger partial charge in [0.25, 0.3) is 5.69 Å². The van der Waals surface area contributed by atoms with Crippen LogP contribution in [0.15, 0.2) is 24.1 Å². The predicted octanol–water partition coefficient (Wildman–Crippen LogP) is 2.41. The molecule has 0 radical (unpaired) electrons. The Balaban J connectivity index is 3.31. The Kier molecular flexibility index (Phi) is 3.74. The fourth-order valence-corrected chi connectivity index (χ4v) is 1.82. The lowest BCUT2D eigenvalue weighted by Gasteiger charge is -2.07. The third-order valence-electron chi connectivity index (χ3n) is 1.85. The summed E-state index contributed by atoms with van der Waals surface area (Å²) in [5, 5.41) is 11.1. The van der Waals surface area contributed by atoms with Gasteiger partial charge >= 0.3 is 10.1 Å². The van der Waals surface area contributed by atoms with Gasteiger partial charge in [0, 0.05) is 0 Å². The molecule has 1 aromatic rings. The summed E-state index contributed by atoms with van der Waals surface area (Å²) >= 11 is 5.63. The van der Waals surface area contributed by atoms with Gasteiger partial charge in [-0.25, -0.2) is 0 Å². The van der Waals surface area contributed by atoms with E-state index in [0.29, 0.717) is 11.0 Å². The molecule has 0 aliphatic heterocycles. The minimum absolute atomic E-state index is 0.0872. The first kappa shape index (κ1) is 13.5. The summed E-state index contributed by atoms with van der Waals surface area (Å²) in [4.78, 5) is 9.89. The number of nitrogens with zero attached hydrogens (tertiary/aromatic N) is 1. The molecular formula is C9H8ClNO5S. The van der Waals surface area contributed by atoms with Gasteiger partial charge in [-0.05, 0) is 18.6 Å². The van der Waals surface area contributed by atoms with Crippen molar-refractivity contribution in [3.8, 4) is 5.75 Å². The van der Waals surface area contributed by atoms with Crippen molar-refractivity contribution in [2.45, 2.75) is 6.92 Å². The molecule has 0 spiro atoms. The second kappa shape index (κ2) is 4.72. The Morgan fingerprint density at radius 3 is 2.59 bits per heavy atom. The quantitative estimate of drug-likeness (QED) is 0.479. The van der Waals surface area contributed by atoms with Crippen LogP contribution in [-0.4, -0.2) is 13.3 Å². The molecule has 0 saturated carbocycles.